The Bertz CT molecular complexity index is 966. The lowest BCUT2D eigenvalue weighted by atomic mass is 10.1. The van der Waals surface area contributed by atoms with Crippen LogP contribution in [0.2, 0.25) is 0 Å². The van der Waals surface area contributed by atoms with Crippen LogP contribution >= 0.6 is 15.9 Å². The summed E-state index contributed by atoms with van der Waals surface area (Å²) in [7, 11) is 0. The van der Waals surface area contributed by atoms with Crippen molar-refractivity contribution >= 4 is 33.9 Å². The third-order valence-electron chi connectivity index (χ3n) is 4.00. The number of fused-ring (bicyclic) bond motifs is 2. The number of nitrogens with zero attached hydrogens (tertiary/aromatic N) is 4. The molecular formula is C17H13BrN4O2. The first kappa shape index (κ1) is 15.0. The molecule has 4 heterocycles. The van der Waals surface area contributed by atoms with Gasteiger partial charge in [-0.25, -0.2) is 4.98 Å². The van der Waals surface area contributed by atoms with Gasteiger partial charge in [-0.05, 0) is 34.1 Å². The minimum absolute atomic E-state index is 0.446. The molecule has 0 amide bonds. The number of hydrogen-bond acceptors (Lipinski definition) is 5. The number of hydrogen-bond donors (Lipinski definition) is 1. The van der Waals surface area contributed by atoms with E-state index in [-0.39, 0.29) is 0 Å². The summed E-state index contributed by atoms with van der Waals surface area (Å²) in [4.78, 5) is 21.3. The van der Waals surface area contributed by atoms with E-state index >= 15 is 0 Å². The van der Waals surface area contributed by atoms with Gasteiger partial charge in [0.25, 0.3) is 0 Å². The van der Waals surface area contributed by atoms with E-state index in [9.17, 15) is 9.90 Å². The van der Waals surface area contributed by atoms with Crippen molar-refractivity contribution in [2.45, 2.75) is 12.8 Å². The second kappa shape index (κ2) is 5.85. The molecule has 7 heteroatoms. The maximum Gasteiger partial charge on any atom is 0.155 e. The summed E-state index contributed by atoms with van der Waals surface area (Å²) in [5.74, 6) is 0. The van der Waals surface area contributed by atoms with Crippen LogP contribution in [0.25, 0.3) is 11.7 Å². The van der Waals surface area contributed by atoms with E-state index in [4.69, 9.17) is 0 Å². The molecule has 1 N–H and O–H groups in total. The topological polar surface area (TPSA) is 70.7 Å². The largest absolute Gasteiger partial charge is 0.369 e. The molecule has 0 aromatic carbocycles. The number of aliphatic hydroxyl groups is 1. The molecule has 1 aliphatic rings. The van der Waals surface area contributed by atoms with Gasteiger partial charge in [0.05, 0.1) is 12.2 Å². The van der Waals surface area contributed by atoms with Crippen molar-refractivity contribution in [2.75, 3.05) is 0 Å². The van der Waals surface area contributed by atoms with E-state index in [0.717, 1.165) is 33.2 Å². The summed E-state index contributed by atoms with van der Waals surface area (Å²) in [5.41, 5.74) is 3.83. The second-order valence-corrected chi connectivity index (χ2v) is 6.42. The van der Waals surface area contributed by atoms with Gasteiger partial charge in [0.15, 0.2) is 12.5 Å². The lowest BCUT2D eigenvalue weighted by molar-refractivity contribution is 0.0286. The van der Waals surface area contributed by atoms with Gasteiger partial charge >= 0.3 is 0 Å². The Kier molecular flexibility index (Phi) is 3.66. The van der Waals surface area contributed by atoms with Crippen LogP contribution in [0.1, 0.15) is 33.4 Å². The van der Waals surface area contributed by atoms with E-state index in [1.54, 1.807) is 35.6 Å². The maximum absolute atomic E-state index is 10.9. The van der Waals surface area contributed by atoms with Gasteiger partial charge in [-0.15, -0.1) is 0 Å². The number of aromatic nitrogens is 3. The van der Waals surface area contributed by atoms with Crippen molar-refractivity contribution in [1.82, 2.24) is 19.3 Å². The van der Waals surface area contributed by atoms with Gasteiger partial charge in [-0.1, -0.05) is 0 Å². The van der Waals surface area contributed by atoms with Crippen LogP contribution in [0.3, 0.4) is 0 Å². The van der Waals surface area contributed by atoms with E-state index in [2.05, 4.69) is 25.9 Å². The van der Waals surface area contributed by atoms with Crippen molar-refractivity contribution in [2.24, 2.45) is 0 Å². The standard InChI is InChI=1S/C17H13BrN4O2/c18-15-6-19-5-14-13(15)3-4-21(17(14)24)8-12-9-22-7-11(10-23)1-2-16(22)20-12/h1-7,9-10,17,24H,8H2. The zero-order valence-electron chi connectivity index (χ0n) is 12.5. The van der Waals surface area contributed by atoms with Gasteiger partial charge in [-0.2, -0.15) is 0 Å². The molecule has 4 rings (SSSR count). The Balaban J connectivity index is 1.63. The van der Waals surface area contributed by atoms with E-state index < -0.39 is 6.23 Å². The summed E-state index contributed by atoms with van der Waals surface area (Å²) in [5, 5.41) is 10.6. The lowest BCUT2D eigenvalue weighted by Crippen LogP contribution is -2.26. The highest BCUT2D eigenvalue weighted by Crippen LogP contribution is 2.32. The molecule has 0 bridgehead atoms. The minimum Gasteiger partial charge on any atom is -0.369 e. The highest BCUT2D eigenvalue weighted by Gasteiger charge is 2.23. The molecule has 0 fully saturated rings. The first-order chi connectivity index (χ1) is 11.7. The summed E-state index contributed by atoms with van der Waals surface area (Å²) in [6.45, 7) is 0.446. The molecule has 1 unspecified atom stereocenters. The van der Waals surface area contributed by atoms with Crippen molar-refractivity contribution in [1.29, 1.82) is 0 Å². The van der Waals surface area contributed by atoms with Gasteiger partial charge in [0, 0.05) is 52.2 Å². The zero-order valence-corrected chi connectivity index (χ0v) is 14.1. The number of carbonyl (C=O) groups excluding carboxylic acids is 1. The monoisotopic (exact) mass is 384 g/mol. The van der Waals surface area contributed by atoms with E-state index in [0.29, 0.717) is 12.1 Å². The molecule has 3 aromatic heterocycles. The summed E-state index contributed by atoms with van der Waals surface area (Å²) >= 11 is 3.45. The zero-order chi connectivity index (χ0) is 16.7. The highest BCUT2D eigenvalue weighted by atomic mass is 79.9. The Morgan fingerprint density at radius 1 is 1.29 bits per heavy atom. The Labute approximate surface area is 146 Å². The number of aliphatic hydroxyl groups excluding tert-OH is 1. The summed E-state index contributed by atoms with van der Waals surface area (Å²) in [6.07, 6.45) is 10.8. The SMILES string of the molecule is O=Cc1ccc2nc(CN3C=Cc4c(Br)cncc4C3O)cn2c1. The molecule has 24 heavy (non-hydrogen) atoms. The van der Waals surface area contributed by atoms with Gasteiger partial charge < -0.3 is 14.4 Å². The fraction of sp³-hybridized carbons (Fsp3) is 0.118. The van der Waals surface area contributed by atoms with Crippen molar-refractivity contribution in [3.8, 4) is 0 Å². The van der Waals surface area contributed by atoms with Crippen LogP contribution in [0.15, 0.2) is 47.6 Å². The predicted molar refractivity (Wildman–Crippen MR) is 92.1 cm³/mol. The summed E-state index contributed by atoms with van der Waals surface area (Å²) < 4.78 is 2.66. The fourth-order valence-corrected chi connectivity index (χ4v) is 3.28. The number of imidazole rings is 1. The van der Waals surface area contributed by atoms with Gasteiger partial charge in [0.2, 0.25) is 0 Å². The number of pyridine rings is 2. The van der Waals surface area contributed by atoms with Crippen LogP contribution in [-0.2, 0) is 6.54 Å². The number of carbonyl (C=O) groups is 1. The van der Waals surface area contributed by atoms with Crippen molar-refractivity contribution in [3.05, 3.63) is 70.0 Å². The average molecular weight is 385 g/mol. The van der Waals surface area contributed by atoms with Crippen LogP contribution < -0.4 is 0 Å². The van der Waals surface area contributed by atoms with Crippen molar-refractivity contribution in [3.63, 3.8) is 0 Å². The summed E-state index contributed by atoms with van der Waals surface area (Å²) in [6, 6.07) is 3.53. The molecule has 1 atom stereocenters. The minimum atomic E-state index is -0.787. The first-order valence-electron chi connectivity index (χ1n) is 7.34. The molecule has 0 spiro atoms. The Morgan fingerprint density at radius 3 is 3.00 bits per heavy atom. The van der Waals surface area contributed by atoms with Crippen LogP contribution in [0.5, 0.6) is 0 Å². The molecular weight excluding hydrogens is 372 g/mol. The lowest BCUT2D eigenvalue weighted by Gasteiger charge is -2.30. The quantitative estimate of drug-likeness (QED) is 0.703. The second-order valence-electron chi connectivity index (χ2n) is 5.56. The molecule has 0 saturated carbocycles. The number of aldehydes is 1. The van der Waals surface area contributed by atoms with E-state index in [1.807, 2.05) is 22.9 Å². The smallest absolute Gasteiger partial charge is 0.155 e. The van der Waals surface area contributed by atoms with Crippen LogP contribution in [-0.4, -0.2) is 30.7 Å². The van der Waals surface area contributed by atoms with E-state index in [1.165, 1.54) is 0 Å². The molecule has 0 saturated heterocycles. The normalized spacial score (nSPS) is 16.4. The first-order valence-corrected chi connectivity index (χ1v) is 8.13. The average Bonchev–Trinajstić information content (AvgIpc) is 2.99. The Hall–Kier alpha value is -2.51. The fourth-order valence-electron chi connectivity index (χ4n) is 2.81. The third-order valence-corrected chi connectivity index (χ3v) is 4.63. The van der Waals surface area contributed by atoms with Gasteiger partial charge in [0.1, 0.15) is 5.65 Å². The Morgan fingerprint density at radius 2 is 2.17 bits per heavy atom. The van der Waals surface area contributed by atoms with Gasteiger partial charge in [-0.3, -0.25) is 9.78 Å². The molecule has 120 valence electrons. The number of rotatable bonds is 3. The molecule has 6 nitrogen and oxygen atoms in total. The van der Waals surface area contributed by atoms with Crippen LogP contribution in [0, 0.1) is 0 Å². The highest BCUT2D eigenvalue weighted by molar-refractivity contribution is 9.10. The maximum atomic E-state index is 10.9. The van der Waals surface area contributed by atoms with Crippen LogP contribution in [0.4, 0.5) is 0 Å². The number of halogens is 1. The van der Waals surface area contributed by atoms with Crippen molar-refractivity contribution < 1.29 is 9.90 Å². The predicted octanol–water partition coefficient (Wildman–Crippen LogP) is 2.78. The molecule has 1 aliphatic heterocycles. The molecule has 3 aromatic rings. The third kappa shape index (κ3) is 2.51. The molecule has 0 radical (unpaired) electrons. The molecule has 0 aliphatic carbocycles.